The molecular weight excluding hydrogens is 232 g/mol. The Bertz CT molecular complexity index is 394. The minimum atomic E-state index is 0.265. The molecule has 2 N–H and O–H groups in total. The van der Waals surface area contributed by atoms with Crippen molar-refractivity contribution in [3.8, 4) is 0 Å². The zero-order valence-electron chi connectivity index (χ0n) is 12.8. The average molecular weight is 260 g/mol. The van der Waals surface area contributed by atoms with Crippen molar-refractivity contribution in [2.75, 3.05) is 6.54 Å². The van der Waals surface area contributed by atoms with E-state index >= 15 is 0 Å². The molecule has 19 heavy (non-hydrogen) atoms. The standard InChI is InChI=1S/C17H28N2/c1-12(2)14-7-9-15(10-8-14)17-16(18)6-5-11-19(17)13(3)4/h7-10,12-13,16-17H,5-6,11,18H2,1-4H3. The van der Waals surface area contributed by atoms with Crippen molar-refractivity contribution in [3.63, 3.8) is 0 Å². The van der Waals surface area contributed by atoms with Crippen LogP contribution in [0, 0.1) is 0 Å². The van der Waals surface area contributed by atoms with Crippen LogP contribution in [0.2, 0.25) is 0 Å². The molecule has 2 nitrogen and oxygen atoms in total. The fraction of sp³-hybridized carbons (Fsp3) is 0.647. The Morgan fingerprint density at radius 2 is 1.74 bits per heavy atom. The monoisotopic (exact) mass is 260 g/mol. The second-order valence-electron chi connectivity index (χ2n) is 6.40. The summed E-state index contributed by atoms with van der Waals surface area (Å²) in [7, 11) is 0. The maximum atomic E-state index is 6.40. The second kappa shape index (κ2) is 6.06. The summed E-state index contributed by atoms with van der Waals surface area (Å²) in [6, 6.07) is 10.3. The van der Waals surface area contributed by atoms with Gasteiger partial charge in [-0.15, -0.1) is 0 Å². The van der Waals surface area contributed by atoms with E-state index < -0.39 is 0 Å². The highest BCUT2D eigenvalue weighted by Gasteiger charge is 2.31. The Kier molecular flexibility index (Phi) is 4.64. The van der Waals surface area contributed by atoms with Gasteiger partial charge >= 0.3 is 0 Å². The summed E-state index contributed by atoms with van der Waals surface area (Å²) in [5.74, 6) is 0.593. The Morgan fingerprint density at radius 3 is 2.26 bits per heavy atom. The summed E-state index contributed by atoms with van der Waals surface area (Å²) in [5.41, 5.74) is 9.18. The number of rotatable bonds is 3. The molecule has 2 unspecified atom stereocenters. The molecule has 0 radical (unpaired) electrons. The van der Waals surface area contributed by atoms with Crippen LogP contribution in [0.5, 0.6) is 0 Å². The van der Waals surface area contributed by atoms with Gasteiger partial charge in [0.15, 0.2) is 0 Å². The third-order valence-electron chi connectivity index (χ3n) is 4.32. The molecule has 1 saturated heterocycles. The molecule has 1 aliphatic heterocycles. The fourth-order valence-corrected chi connectivity index (χ4v) is 3.15. The molecule has 1 aliphatic rings. The molecule has 2 atom stereocenters. The largest absolute Gasteiger partial charge is 0.326 e. The Balaban J connectivity index is 2.25. The van der Waals surface area contributed by atoms with Gasteiger partial charge in [0, 0.05) is 12.1 Å². The lowest BCUT2D eigenvalue weighted by Gasteiger charge is -2.42. The van der Waals surface area contributed by atoms with Crippen molar-refractivity contribution in [1.82, 2.24) is 4.90 Å². The molecule has 106 valence electrons. The summed E-state index contributed by atoms with van der Waals surface area (Å²) in [4.78, 5) is 2.55. The van der Waals surface area contributed by atoms with Crippen LogP contribution in [0.1, 0.15) is 63.6 Å². The quantitative estimate of drug-likeness (QED) is 0.898. The van der Waals surface area contributed by atoms with Crippen LogP contribution in [0.25, 0.3) is 0 Å². The maximum absolute atomic E-state index is 6.40. The number of hydrogen-bond acceptors (Lipinski definition) is 2. The van der Waals surface area contributed by atoms with Crippen LogP contribution in [0.4, 0.5) is 0 Å². The van der Waals surface area contributed by atoms with Crippen molar-refractivity contribution in [3.05, 3.63) is 35.4 Å². The number of piperidine rings is 1. The van der Waals surface area contributed by atoms with E-state index in [1.165, 1.54) is 24.1 Å². The van der Waals surface area contributed by atoms with Gasteiger partial charge < -0.3 is 5.73 Å². The van der Waals surface area contributed by atoms with Gasteiger partial charge in [-0.25, -0.2) is 0 Å². The van der Waals surface area contributed by atoms with Gasteiger partial charge in [0.1, 0.15) is 0 Å². The van der Waals surface area contributed by atoms with Crippen LogP contribution in [0.15, 0.2) is 24.3 Å². The Morgan fingerprint density at radius 1 is 1.11 bits per heavy atom. The number of likely N-dealkylation sites (tertiary alicyclic amines) is 1. The lowest BCUT2D eigenvalue weighted by atomic mass is 9.89. The van der Waals surface area contributed by atoms with Crippen LogP contribution in [0.3, 0.4) is 0 Å². The van der Waals surface area contributed by atoms with Crippen molar-refractivity contribution in [2.24, 2.45) is 5.73 Å². The normalized spacial score (nSPS) is 25.2. The van der Waals surface area contributed by atoms with Crippen LogP contribution >= 0.6 is 0 Å². The number of hydrogen-bond donors (Lipinski definition) is 1. The molecule has 0 aromatic heterocycles. The summed E-state index contributed by atoms with van der Waals surface area (Å²) in [6.45, 7) is 10.2. The number of benzene rings is 1. The van der Waals surface area contributed by atoms with E-state index in [-0.39, 0.29) is 6.04 Å². The van der Waals surface area contributed by atoms with Crippen molar-refractivity contribution in [2.45, 2.75) is 64.6 Å². The van der Waals surface area contributed by atoms with E-state index in [4.69, 9.17) is 5.73 Å². The van der Waals surface area contributed by atoms with E-state index in [9.17, 15) is 0 Å². The van der Waals surface area contributed by atoms with E-state index in [0.717, 1.165) is 6.42 Å². The Labute approximate surface area is 118 Å². The lowest BCUT2D eigenvalue weighted by molar-refractivity contribution is 0.0947. The van der Waals surface area contributed by atoms with Gasteiger partial charge in [-0.1, -0.05) is 38.1 Å². The van der Waals surface area contributed by atoms with Gasteiger partial charge in [0.2, 0.25) is 0 Å². The molecule has 2 heteroatoms. The second-order valence-corrected chi connectivity index (χ2v) is 6.40. The zero-order valence-corrected chi connectivity index (χ0v) is 12.8. The molecule has 0 amide bonds. The minimum absolute atomic E-state index is 0.265. The molecule has 0 spiro atoms. The lowest BCUT2D eigenvalue weighted by Crippen LogP contribution is -2.48. The summed E-state index contributed by atoms with van der Waals surface area (Å²) >= 11 is 0. The van der Waals surface area contributed by atoms with Gasteiger partial charge in [0.05, 0.1) is 6.04 Å². The third kappa shape index (κ3) is 3.18. The molecular formula is C17H28N2. The van der Waals surface area contributed by atoms with Crippen LogP contribution < -0.4 is 5.73 Å². The highest BCUT2D eigenvalue weighted by Crippen LogP contribution is 2.32. The maximum Gasteiger partial charge on any atom is 0.0501 e. The number of nitrogens with zero attached hydrogens (tertiary/aromatic N) is 1. The van der Waals surface area contributed by atoms with E-state index in [0.29, 0.717) is 18.0 Å². The highest BCUT2D eigenvalue weighted by atomic mass is 15.2. The molecule has 2 rings (SSSR count). The molecule has 0 aliphatic carbocycles. The minimum Gasteiger partial charge on any atom is -0.326 e. The van der Waals surface area contributed by atoms with Gasteiger partial charge in [-0.3, -0.25) is 4.90 Å². The van der Waals surface area contributed by atoms with E-state index in [1.54, 1.807) is 0 Å². The smallest absolute Gasteiger partial charge is 0.0501 e. The van der Waals surface area contributed by atoms with E-state index in [2.05, 4.69) is 56.9 Å². The van der Waals surface area contributed by atoms with Crippen LogP contribution in [-0.4, -0.2) is 23.5 Å². The van der Waals surface area contributed by atoms with Gasteiger partial charge in [-0.05, 0) is 50.3 Å². The predicted octanol–water partition coefficient (Wildman–Crippen LogP) is 3.68. The molecule has 1 aromatic carbocycles. The predicted molar refractivity (Wildman–Crippen MR) is 82.3 cm³/mol. The highest BCUT2D eigenvalue weighted by molar-refractivity contribution is 5.28. The third-order valence-corrected chi connectivity index (χ3v) is 4.32. The first-order valence-electron chi connectivity index (χ1n) is 7.62. The average Bonchev–Trinajstić information content (AvgIpc) is 2.38. The summed E-state index contributed by atoms with van der Waals surface area (Å²) in [6.07, 6.45) is 2.36. The number of nitrogens with two attached hydrogens (primary N) is 1. The Hall–Kier alpha value is -0.860. The first kappa shape index (κ1) is 14.5. The van der Waals surface area contributed by atoms with Crippen molar-refractivity contribution < 1.29 is 0 Å². The van der Waals surface area contributed by atoms with Gasteiger partial charge in [0.25, 0.3) is 0 Å². The molecule has 1 aromatic rings. The van der Waals surface area contributed by atoms with Crippen molar-refractivity contribution in [1.29, 1.82) is 0 Å². The fourth-order valence-electron chi connectivity index (χ4n) is 3.15. The van der Waals surface area contributed by atoms with Crippen molar-refractivity contribution >= 4 is 0 Å². The topological polar surface area (TPSA) is 29.3 Å². The molecule has 0 saturated carbocycles. The summed E-state index contributed by atoms with van der Waals surface area (Å²) < 4.78 is 0. The first-order chi connectivity index (χ1) is 9.00. The SMILES string of the molecule is CC(C)c1ccc(C2C(N)CCCN2C(C)C)cc1. The summed E-state index contributed by atoms with van der Waals surface area (Å²) in [5, 5.41) is 0. The molecule has 1 fully saturated rings. The first-order valence-corrected chi connectivity index (χ1v) is 7.62. The zero-order chi connectivity index (χ0) is 14.0. The van der Waals surface area contributed by atoms with Crippen LogP contribution in [-0.2, 0) is 0 Å². The molecule has 0 bridgehead atoms. The molecule has 1 heterocycles. The van der Waals surface area contributed by atoms with E-state index in [1.807, 2.05) is 0 Å². The van der Waals surface area contributed by atoms with Gasteiger partial charge in [-0.2, -0.15) is 0 Å².